The van der Waals surface area contributed by atoms with Crippen LogP contribution in [-0.4, -0.2) is 39.6 Å². The maximum Gasteiger partial charge on any atom is 0.335 e. The number of primary sulfonamides is 1. The van der Waals surface area contributed by atoms with Crippen LogP contribution in [0.1, 0.15) is 31.4 Å². The SMILES string of the molecule is C[C@@H](NC(=O)COC(=O)[C@H]1CCCO1)c1ccc(S(N)(=O)=O)cc1. The molecule has 3 N–H and O–H groups in total. The predicted octanol–water partition coefficient (Wildman–Crippen LogP) is 0.233. The third-order valence-corrected chi connectivity index (χ3v) is 4.55. The molecule has 1 fully saturated rings. The molecule has 24 heavy (non-hydrogen) atoms. The quantitative estimate of drug-likeness (QED) is 0.703. The van der Waals surface area contributed by atoms with Crippen LogP contribution in [0.2, 0.25) is 0 Å². The Balaban J connectivity index is 1.83. The van der Waals surface area contributed by atoms with Crippen molar-refractivity contribution in [3.05, 3.63) is 29.8 Å². The molecule has 0 unspecified atom stereocenters. The normalized spacial score (nSPS) is 18.8. The first kappa shape index (κ1) is 18.4. The number of rotatable bonds is 6. The van der Waals surface area contributed by atoms with E-state index in [-0.39, 0.29) is 10.9 Å². The number of carbonyl (C=O) groups is 2. The Hall–Kier alpha value is -1.97. The third-order valence-electron chi connectivity index (χ3n) is 3.62. The fraction of sp³-hybridized carbons (Fsp3) is 0.467. The topological polar surface area (TPSA) is 125 Å². The number of hydrogen-bond acceptors (Lipinski definition) is 6. The molecule has 0 aromatic heterocycles. The maximum atomic E-state index is 11.8. The first-order chi connectivity index (χ1) is 11.3. The zero-order valence-electron chi connectivity index (χ0n) is 13.2. The summed E-state index contributed by atoms with van der Waals surface area (Å²) < 4.78 is 32.5. The number of sulfonamides is 1. The number of hydrogen-bond donors (Lipinski definition) is 2. The lowest BCUT2D eigenvalue weighted by Crippen LogP contribution is -2.33. The molecule has 132 valence electrons. The molecular formula is C15H20N2O6S. The van der Waals surface area contributed by atoms with Crippen LogP contribution in [-0.2, 0) is 29.1 Å². The molecule has 2 atom stereocenters. The van der Waals surface area contributed by atoms with Gasteiger partial charge in [-0.25, -0.2) is 18.4 Å². The Labute approximate surface area is 140 Å². The van der Waals surface area contributed by atoms with Gasteiger partial charge in [-0.15, -0.1) is 0 Å². The second-order valence-corrected chi connectivity index (χ2v) is 7.07. The minimum Gasteiger partial charge on any atom is -0.454 e. The number of nitrogens with one attached hydrogen (secondary N) is 1. The molecular weight excluding hydrogens is 336 g/mol. The Morgan fingerprint density at radius 1 is 1.38 bits per heavy atom. The van der Waals surface area contributed by atoms with Crippen LogP contribution >= 0.6 is 0 Å². The molecule has 0 bridgehead atoms. The minimum absolute atomic E-state index is 0.00438. The van der Waals surface area contributed by atoms with Crippen molar-refractivity contribution in [3.63, 3.8) is 0 Å². The van der Waals surface area contributed by atoms with Crippen LogP contribution in [0.3, 0.4) is 0 Å². The first-order valence-electron chi connectivity index (χ1n) is 7.48. The van der Waals surface area contributed by atoms with E-state index in [1.807, 2.05) is 0 Å². The summed E-state index contributed by atoms with van der Waals surface area (Å²) in [7, 11) is -3.75. The molecule has 0 saturated carbocycles. The van der Waals surface area contributed by atoms with Gasteiger partial charge in [-0.1, -0.05) is 12.1 Å². The highest BCUT2D eigenvalue weighted by Gasteiger charge is 2.25. The second kappa shape index (κ2) is 7.73. The summed E-state index contributed by atoms with van der Waals surface area (Å²) in [5.74, 6) is -0.989. The summed E-state index contributed by atoms with van der Waals surface area (Å²) in [6.07, 6.45) is 0.825. The van der Waals surface area contributed by atoms with E-state index in [0.29, 0.717) is 18.6 Å². The highest BCUT2D eigenvalue weighted by Crippen LogP contribution is 2.16. The fourth-order valence-corrected chi connectivity index (χ4v) is 2.82. The predicted molar refractivity (Wildman–Crippen MR) is 84.3 cm³/mol. The summed E-state index contributed by atoms with van der Waals surface area (Å²) in [6.45, 7) is 1.86. The van der Waals surface area contributed by atoms with Crippen molar-refractivity contribution in [1.82, 2.24) is 5.32 Å². The molecule has 1 aromatic carbocycles. The van der Waals surface area contributed by atoms with Crippen molar-refractivity contribution in [2.75, 3.05) is 13.2 Å². The minimum atomic E-state index is -3.75. The Kier molecular flexibility index (Phi) is 5.92. The van der Waals surface area contributed by atoms with E-state index in [2.05, 4.69) is 5.32 Å². The number of esters is 1. The summed E-state index contributed by atoms with van der Waals surface area (Å²) >= 11 is 0. The van der Waals surface area contributed by atoms with E-state index in [4.69, 9.17) is 14.6 Å². The zero-order valence-corrected chi connectivity index (χ0v) is 14.0. The van der Waals surface area contributed by atoms with Crippen LogP contribution in [0.5, 0.6) is 0 Å². The number of amides is 1. The van der Waals surface area contributed by atoms with Crippen LogP contribution < -0.4 is 10.5 Å². The van der Waals surface area contributed by atoms with E-state index >= 15 is 0 Å². The molecule has 9 heteroatoms. The lowest BCUT2D eigenvalue weighted by molar-refractivity contribution is -0.157. The van der Waals surface area contributed by atoms with E-state index in [1.54, 1.807) is 19.1 Å². The molecule has 1 aromatic rings. The van der Waals surface area contributed by atoms with Gasteiger partial charge in [0.25, 0.3) is 5.91 Å². The number of nitrogens with two attached hydrogens (primary N) is 1. The third kappa shape index (κ3) is 5.02. The van der Waals surface area contributed by atoms with Crippen molar-refractivity contribution in [2.24, 2.45) is 5.14 Å². The second-order valence-electron chi connectivity index (χ2n) is 5.51. The summed E-state index contributed by atoms with van der Waals surface area (Å²) in [5.41, 5.74) is 0.696. The smallest absolute Gasteiger partial charge is 0.335 e. The van der Waals surface area contributed by atoms with Crippen LogP contribution in [0.25, 0.3) is 0 Å². The molecule has 1 heterocycles. The van der Waals surface area contributed by atoms with Gasteiger partial charge in [-0.05, 0) is 37.5 Å². The molecule has 1 saturated heterocycles. The van der Waals surface area contributed by atoms with E-state index in [0.717, 1.165) is 6.42 Å². The molecule has 0 aliphatic carbocycles. The van der Waals surface area contributed by atoms with Gasteiger partial charge in [0.2, 0.25) is 10.0 Å². The van der Waals surface area contributed by atoms with E-state index in [1.165, 1.54) is 12.1 Å². The van der Waals surface area contributed by atoms with Gasteiger partial charge in [0.1, 0.15) is 0 Å². The number of benzene rings is 1. The summed E-state index contributed by atoms with van der Waals surface area (Å²) in [4.78, 5) is 23.5. The Bertz CT molecular complexity index is 695. The zero-order chi connectivity index (χ0) is 17.7. The van der Waals surface area contributed by atoms with Crippen LogP contribution in [0.4, 0.5) is 0 Å². The average Bonchev–Trinajstić information content (AvgIpc) is 3.06. The lowest BCUT2D eigenvalue weighted by atomic mass is 10.1. The molecule has 8 nitrogen and oxygen atoms in total. The van der Waals surface area contributed by atoms with Gasteiger partial charge < -0.3 is 14.8 Å². The lowest BCUT2D eigenvalue weighted by Gasteiger charge is -2.15. The van der Waals surface area contributed by atoms with Crippen LogP contribution in [0.15, 0.2) is 29.2 Å². The molecule has 0 spiro atoms. The molecule has 2 rings (SSSR count). The van der Waals surface area contributed by atoms with Gasteiger partial charge in [0.05, 0.1) is 10.9 Å². The van der Waals surface area contributed by atoms with Crippen molar-refractivity contribution in [3.8, 4) is 0 Å². The van der Waals surface area contributed by atoms with E-state index < -0.39 is 34.6 Å². The van der Waals surface area contributed by atoms with E-state index in [9.17, 15) is 18.0 Å². The highest BCUT2D eigenvalue weighted by molar-refractivity contribution is 7.89. The van der Waals surface area contributed by atoms with Crippen molar-refractivity contribution in [2.45, 2.75) is 36.8 Å². The van der Waals surface area contributed by atoms with Crippen LogP contribution in [0, 0.1) is 0 Å². The standard InChI is InChI=1S/C15H20N2O6S/c1-10(11-4-6-12(7-5-11)24(16,20)21)17-14(18)9-23-15(19)13-3-2-8-22-13/h4-7,10,13H,2-3,8-9H2,1H3,(H,17,18)(H2,16,20,21)/t10-,13-/m1/s1. The van der Waals surface area contributed by atoms with Crippen molar-refractivity contribution >= 4 is 21.9 Å². The Morgan fingerprint density at radius 2 is 2.04 bits per heavy atom. The summed E-state index contributed by atoms with van der Waals surface area (Å²) in [5, 5.41) is 7.69. The van der Waals surface area contributed by atoms with Crippen molar-refractivity contribution < 1.29 is 27.5 Å². The van der Waals surface area contributed by atoms with Gasteiger partial charge in [0, 0.05) is 6.61 Å². The van der Waals surface area contributed by atoms with Gasteiger partial charge in [-0.2, -0.15) is 0 Å². The fourth-order valence-electron chi connectivity index (χ4n) is 2.31. The Morgan fingerprint density at radius 3 is 2.58 bits per heavy atom. The summed E-state index contributed by atoms with van der Waals surface area (Å²) in [6, 6.07) is 5.47. The van der Waals surface area contributed by atoms with Crippen molar-refractivity contribution in [1.29, 1.82) is 0 Å². The molecule has 1 amide bonds. The first-order valence-corrected chi connectivity index (χ1v) is 9.02. The van der Waals surface area contributed by atoms with Gasteiger partial charge in [0.15, 0.2) is 12.7 Å². The monoisotopic (exact) mass is 356 g/mol. The highest BCUT2D eigenvalue weighted by atomic mass is 32.2. The maximum absolute atomic E-state index is 11.8. The van der Waals surface area contributed by atoms with Gasteiger partial charge >= 0.3 is 5.97 Å². The number of ether oxygens (including phenoxy) is 2. The van der Waals surface area contributed by atoms with Gasteiger partial charge in [-0.3, -0.25) is 4.79 Å². The molecule has 0 radical (unpaired) electrons. The molecule has 1 aliphatic rings. The molecule has 1 aliphatic heterocycles. The number of carbonyl (C=O) groups excluding carboxylic acids is 2. The largest absolute Gasteiger partial charge is 0.454 e. The average molecular weight is 356 g/mol.